The molecule has 3 N–H and O–H groups in total. The molecule has 2 aliphatic rings. The second-order valence-electron chi connectivity index (χ2n) is 8.96. The van der Waals surface area contributed by atoms with E-state index < -0.39 is 36.4 Å². The fraction of sp³-hybridized carbons (Fsp3) is 0.296. The Morgan fingerprint density at radius 1 is 1.03 bits per heavy atom. The molecule has 0 saturated heterocycles. The lowest BCUT2D eigenvalue weighted by atomic mass is 9.74. The van der Waals surface area contributed by atoms with Crippen LogP contribution < -0.4 is 5.73 Å². The summed E-state index contributed by atoms with van der Waals surface area (Å²) in [4.78, 5) is 0. The van der Waals surface area contributed by atoms with E-state index in [9.17, 15) is 27.9 Å². The highest BCUT2D eigenvalue weighted by Gasteiger charge is 2.50. The summed E-state index contributed by atoms with van der Waals surface area (Å²) in [5.41, 5.74) is 9.13. The number of alkyl halides is 3. The van der Waals surface area contributed by atoms with Crippen molar-refractivity contribution in [3.63, 3.8) is 0 Å². The van der Waals surface area contributed by atoms with E-state index in [1.54, 1.807) is 30.3 Å². The van der Waals surface area contributed by atoms with E-state index in [0.29, 0.717) is 27.8 Å². The lowest BCUT2D eigenvalue weighted by molar-refractivity contribution is -0.0966. The lowest BCUT2D eigenvalue weighted by Gasteiger charge is -2.31. The molecule has 0 spiro atoms. The average Bonchev–Trinajstić information content (AvgIpc) is 3.07. The molecule has 0 aromatic heterocycles. The van der Waals surface area contributed by atoms with Gasteiger partial charge in [-0.2, -0.15) is 5.26 Å². The molecule has 3 unspecified atom stereocenters. The van der Waals surface area contributed by atoms with Gasteiger partial charge in [0.05, 0.1) is 11.6 Å². The van der Waals surface area contributed by atoms with Gasteiger partial charge in [0.2, 0.25) is 0 Å². The molecule has 0 saturated carbocycles. The van der Waals surface area contributed by atoms with Crippen LogP contribution in [0.2, 0.25) is 0 Å². The number of nitriles is 1. The van der Waals surface area contributed by atoms with Crippen LogP contribution in [0.5, 0.6) is 0 Å². The first-order valence-corrected chi connectivity index (χ1v) is 11.1. The molecular weight excluding hydrogens is 444 g/mol. The van der Waals surface area contributed by atoms with E-state index in [1.807, 2.05) is 12.1 Å². The number of fused-ring (bicyclic) bond motifs is 2. The topological polar surface area (TPSA) is 70.0 Å². The molecule has 0 fully saturated rings. The fourth-order valence-corrected chi connectivity index (χ4v) is 5.56. The van der Waals surface area contributed by atoms with Crippen LogP contribution in [0, 0.1) is 17.1 Å². The van der Waals surface area contributed by atoms with E-state index in [-0.39, 0.29) is 36.1 Å². The van der Waals surface area contributed by atoms with Gasteiger partial charge in [-0.25, -0.2) is 17.6 Å². The van der Waals surface area contributed by atoms with Crippen LogP contribution in [-0.4, -0.2) is 11.0 Å². The van der Waals surface area contributed by atoms with Crippen molar-refractivity contribution >= 4 is 0 Å². The number of halogens is 4. The number of hydrogen-bond acceptors (Lipinski definition) is 3. The van der Waals surface area contributed by atoms with Gasteiger partial charge >= 0.3 is 0 Å². The van der Waals surface area contributed by atoms with Crippen molar-refractivity contribution < 1.29 is 22.7 Å². The van der Waals surface area contributed by atoms with Crippen molar-refractivity contribution in [3.05, 3.63) is 93.3 Å². The summed E-state index contributed by atoms with van der Waals surface area (Å²) in [6.07, 6.45) is -3.77. The zero-order chi connectivity index (χ0) is 24.2. The number of hydrogen-bond donors (Lipinski definition) is 2. The Balaban J connectivity index is 1.76. The highest BCUT2D eigenvalue weighted by atomic mass is 19.3. The molecular formula is C27H22F4N2O. The lowest BCUT2D eigenvalue weighted by Crippen LogP contribution is -2.22. The molecule has 0 amide bonds. The summed E-state index contributed by atoms with van der Waals surface area (Å²) in [6.45, 7) is 0.199. The SMILES string of the molecule is N#Cc1cc(F)cc2c1C(c1ccc(-c3ccccc3CN)c3c1CC(F)(F)C3O)CCC2F. The Bertz CT molecular complexity index is 1330. The molecule has 3 aromatic carbocycles. The van der Waals surface area contributed by atoms with Crippen LogP contribution >= 0.6 is 0 Å². The maximum Gasteiger partial charge on any atom is 0.281 e. The van der Waals surface area contributed by atoms with Crippen LogP contribution in [-0.2, 0) is 13.0 Å². The molecule has 2 aliphatic carbocycles. The predicted octanol–water partition coefficient (Wildman–Crippen LogP) is 5.98. The zero-order valence-corrected chi connectivity index (χ0v) is 18.2. The van der Waals surface area contributed by atoms with Gasteiger partial charge in [0.25, 0.3) is 5.92 Å². The third-order valence-electron chi connectivity index (χ3n) is 7.07. The molecule has 0 bridgehead atoms. The van der Waals surface area contributed by atoms with E-state index in [1.165, 1.54) is 0 Å². The highest BCUT2D eigenvalue weighted by Crippen LogP contribution is 2.53. The van der Waals surface area contributed by atoms with Gasteiger partial charge in [0.1, 0.15) is 18.1 Å². The van der Waals surface area contributed by atoms with Crippen LogP contribution in [0.3, 0.4) is 0 Å². The Hall–Kier alpha value is -3.21. The number of aliphatic hydroxyl groups excluding tert-OH is 1. The number of nitrogens with zero attached hydrogens (tertiary/aromatic N) is 1. The Labute approximate surface area is 194 Å². The maximum absolute atomic E-state index is 14.9. The molecule has 3 atom stereocenters. The van der Waals surface area contributed by atoms with Crippen molar-refractivity contribution in [3.8, 4) is 17.2 Å². The van der Waals surface area contributed by atoms with Crippen molar-refractivity contribution in [2.75, 3.05) is 0 Å². The highest BCUT2D eigenvalue weighted by molar-refractivity contribution is 5.75. The number of rotatable bonds is 3. The van der Waals surface area contributed by atoms with Crippen molar-refractivity contribution in [2.24, 2.45) is 5.73 Å². The van der Waals surface area contributed by atoms with Crippen molar-refractivity contribution in [1.29, 1.82) is 5.26 Å². The van der Waals surface area contributed by atoms with Gasteiger partial charge in [-0.15, -0.1) is 0 Å². The molecule has 174 valence electrons. The first-order chi connectivity index (χ1) is 16.3. The molecule has 3 aromatic rings. The summed E-state index contributed by atoms with van der Waals surface area (Å²) < 4.78 is 58.6. The van der Waals surface area contributed by atoms with Gasteiger partial charge in [-0.05, 0) is 69.5 Å². The normalized spacial score (nSPS) is 22.7. The zero-order valence-electron chi connectivity index (χ0n) is 18.2. The number of aliphatic hydroxyl groups is 1. The monoisotopic (exact) mass is 466 g/mol. The molecule has 3 nitrogen and oxygen atoms in total. The quantitative estimate of drug-likeness (QED) is 0.466. The molecule has 34 heavy (non-hydrogen) atoms. The summed E-state index contributed by atoms with van der Waals surface area (Å²) >= 11 is 0. The third kappa shape index (κ3) is 3.41. The van der Waals surface area contributed by atoms with Crippen LogP contribution in [0.4, 0.5) is 17.6 Å². The Kier molecular flexibility index (Phi) is 5.46. The molecule has 0 aliphatic heterocycles. The molecule has 0 heterocycles. The molecule has 5 rings (SSSR count). The fourth-order valence-electron chi connectivity index (χ4n) is 5.56. The first kappa shape index (κ1) is 22.6. The Morgan fingerprint density at radius 2 is 1.79 bits per heavy atom. The minimum atomic E-state index is -3.38. The predicted molar refractivity (Wildman–Crippen MR) is 119 cm³/mol. The Morgan fingerprint density at radius 3 is 2.53 bits per heavy atom. The third-order valence-corrected chi connectivity index (χ3v) is 7.07. The minimum Gasteiger partial charge on any atom is -0.382 e. The van der Waals surface area contributed by atoms with Gasteiger partial charge in [0, 0.05) is 18.9 Å². The van der Waals surface area contributed by atoms with Gasteiger partial charge in [0.15, 0.2) is 0 Å². The first-order valence-electron chi connectivity index (χ1n) is 11.1. The molecule has 0 radical (unpaired) electrons. The van der Waals surface area contributed by atoms with E-state index in [4.69, 9.17) is 5.73 Å². The second kappa shape index (κ2) is 8.23. The number of nitrogens with two attached hydrogens (primary N) is 1. The summed E-state index contributed by atoms with van der Waals surface area (Å²) in [7, 11) is 0. The largest absolute Gasteiger partial charge is 0.382 e. The molecule has 7 heteroatoms. The van der Waals surface area contributed by atoms with Crippen LogP contribution in [0.15, 0.2) is 48.5 Å². The minimum absolute atomic E-state index is 0.000963. The smallest absolute Gasteiger partial charge is 0.281 e. The van der Waals surface area contributed by atoms with Gasteiger partial charge in [-0.1, -0.05) is 36.4 Å². The van der Waals surface area contributed by atoms with Crippen molar-refractivity contribution in [1.82, 2.24) is 0 Å². The van der Waals surface area contributed by atoms with E-state index in [2.05, 4.69) is 0 Å². The van der Waals surface area contributed by atoms with E-state index in [0.717, 1.165) is 17.7 Å². The standard InChI is InChI=1S/C27H22F4N2O/c28-16-9-15(13-33)24-20(7-8-23(29)21(24)10-16)18-5-6-19(17-4-2-1-3-14(17)12-32)25-22(18)11-27(30,31)26(25)34/h1-6,9-10,20,23,26,34H,7-8,11-12,32H2. The van der Waals surface area contributed by atoms with E-state index >= 15 is 0 Å². The summed E-state index contributed by atoms with van der Waals surface area (Å²) in [5.74, 6) is -4.66. The number of benzene rings is 3. The maximum atomic E-state index is 14.9. The van der Waals surface area contributed by atoms with Crippen LogP contribution in [0.1, 0.15) is 70.0 Å². The summed E-state index contributed by atoms with van der Waals surface area (Å²) in [5, 5.41) is 20.3. The van der Waals surface area contributed by atoms with Gasteiger partial charge < -0.3 is 10.8 Å². The van der Waals surface area contributed by atoms with Crippen LogP contribution in [0.25, 0.3) is 11.1 Å². The average molecular weight is 466 g/mol. The van der Waals surface area contributed by atoms with Crippen molar-refractivity contribution in [2.45, 2.75) is 49.9 Å². The second-order valence-corrected chi connectivity index (χ2v) is 8.96. The summed E-state index contributed by atoms with van der Waals surface area (Å²) in [6, 6.07) is 14.7. The van der Waals surface area contributed by atoms with Gasteiger partial charge in [-0.3, -0.25) is 0 Å².